The second-order valence-corrected chi connectivity index (χ2v) is 6.91. The first-order chi connectivity index (χ1) is 6.91. The Labute approximate surface area is 94.9 Å². The topological polar surface area (TPSA) is 38.3 Å². The normalized spacial score (nSPS) is 25.7. The Morgan fingerprint density at radius 1 is 1.53 bits per heavy atom. The van der Waals surface area contributed by atoms with Gasteiger partial charge in [0.25, 0.3) is 0 Å². The molecule has 1 unspecified atom stereocenters. The molecule has 15 heavy (non-hydrogen) atoms. The van der Waals surface area contributed by atoms with Gasteiger partial charge in [0.1, 0.15) is 6.10 Å². The molecule has 1 N–H and O–H groups in total. The van der Waals surface area contributed by atoms with E-state index in [1.54, 1.807) is 6.26 Å². The van der Waals surface area contributed by atoms with Gasteiger partial charge in [-0.25, -0.2) is 8.93 Å². The van der Waals surface area contributed by atoms with Crippen LogP contribution < -0.4 is 4.72 Å². The molecule has 0 bridgehead atoms. The zero-order valence-corrected chi connectivity index (χ0v) is 10.8. The van der Waals surface area contributed by atoms with Gasteiger partial charge >= 0.3 is 0 Å². The fourth-order valence-electron chi connectivity index (χ4n) is 1.34. The van der Waals surface area contributed by atoms with Crippen molar-refractivity contribution < 1.29 is 8.95 Å². The van der Waals surface area contributed by atoms with Gasteiger partial charge < -0.3 is 4.74 Å². The lowest BCUT2D eigenvalue weighted by atomic mass is 10.1. The maximum Gasteiger partial charge on any atom is 0.114 e. The van der Waals surface area contributed by atoms with Crippen LogP contribution in [0.15, 0.2) is 12.3 Å². The van der Waals surface area contributed by atoms with Crippen molar-refractivity contribution in [3.8, 4) is 0 Å². The van der Waals surface area contributed by atoms with Crippen molar-refractivity contribution in [2.75, 3.05) is 0 Å². The molecule has 0 aromatic heterocycles. The van der Waals surface area contributed by atoms with E-state index in [0.717, 1.165) is 12.8 Å². The summed E-state index contributed by atoms with van der Waals surface area (Å²) < 4.78 is 20.2. The zero-order chi connectivity index (χ0) is 11.5. The van der Waals surface area contributed by atoms with Crippen molar-refractivity contribution >= 4 is 11.0 Å². The van der Waals surface area contributed by atoms with Crippen LogP contribution in [0.1, 0.15) is 40.5 Å². The van der Waals surface area contributed by atoms with Crippen LogP contribution in [-0.2, 0) is 15.7 Å². The third kappa shape index (κ3) is 3.95. The SMILES string of the molecule is C[C@H](N[S@@](=O)C(C)(C)C)C1CCC=CO1. The van der Waals surface area contributed by atoms with E-state index in [1.165, 1.54) is 0 Å². The van der Waals surface area contributed by atoms with E-state index in [1.807, 2.05) is 33.8 Å². The Balaban J connectivity index is 2.44. The molecule has 4 heteroatoms. The molecule has 88 valence electrons. The molecule has 0 saturated carbocycles. The molecule has 0 amide bonds. The average molecular weight is 231 g/mol. The highest BCUT2D eigenvalue weighted by molar-refractivity contribution is 7.84. The van der Waals surface area contributed by atoms with Crippen LogP contribution in [-0.4, -0.2) is 21.1 Å². The molecule has 3 atom stereocenters. The summed E-state index contributed by atoms with van der Waals surface area (Å²) in [5.74, 6) is 0. The molecule has 0 spiro atoms. The molecular weight excluding hydrogens is 210 g/mol. The van der Waals surface area contributed by atoms with Crippen LogP contribution in [0.4, 0.5) is 0 Å². The predicted molar refractivity (Wildman–Crippen MR) is 63.7 cm³/mol. The number of rotatable bonds is 3. The highest BCUT2D eigenvalue weighted by atomic mass is 32.2. The highest BCUT2D eigenvalue weighted by Crippen LogP contribution is 2.16. The quantitative estimate of drug-likeness (QED) is 0.808. The Morgan fingerprint density at radius 3 is 2.67 bits per heavy atom. The first-order valence-corrected chi connectivity index (χ1v) is 6.55. The predicted octanol–water partition coefficient (Wildman–Crippen LogP) is 2.12. The summed E-state index contributed by atoms with van der Waals surface area (Å²) in [7, 11) is -1.02. The van der Waals surface area contributed by atoms with E-state index in [4.69, 9.17) is 4.74 Å². The van der Waals surface area contributed by atoms with Gasteiger partial charge in [-0.3, -0.25) is 0 Å². The lowest BCUT2D eigenvalue weighted by molar-refractivity contribution is 0.0996. The molecule has 1 aliphatic heterocycles. The van der Waals surface area contributed by atoms with Gasteiger partial charge in [0.15, 0.2) is 0 Å². The number of nitrogens with one attached hydrogen (secondary N) is 1. The van der Waals surface area contributed by atoms with Crippen molar-refractivity contribution in [2.45, 2.75) is 57.4 Å². The van der Waals surface area contributed by atoms with Gasteiger partial charge in [-0.05, 0) is 46.6 Å². The molecule has 0 aromatic rings. The molecular formula is C11H21NO2S. The molecule has 3 nitrogen and oxygen atoms in total. The van der Waals surface area contributed by atoms with E-state index in [2.05, 4.69) is 4.72 Å². The number of ether oxygens (including phenoxy) is 1. The third-order valence-corrected chi connectivity index (χ3v) is 4.07. The Bertz CT molecular complexity index is 258. The monoisotopic (exact) mass is 231 g/mol. The Morgan fingerprint density at radius 2 is 2.20 bits per heavy atom. The zero-order valence-electron chi connectivity index (χ0n) is 9.95. The first kappa shape index (κ1) is 12.7. The first-order valence-electron chi connectivity index (χ1n) is 5.40. The van der Waals surface area contributed by atoms with E-state index < -0.39 is 11.0 Å². The second kappa shape index (κ2) is 5.12. The fourth-order valence-corrected chi connectivity index (χ4v) is 2.19. The molecule has 0 aromatic carbocycles. The van der Waals surface area contributed by atoms with Crippen molar-refractivity contribution in [3.05, 3.63) is 12.3 Å². The standard InChI is InChI=1S/C11H21NO2S/c1-9(10-7-5-6-8-14-10)12-15(13)11(2,3)4/h6,8-10,12H,5,7H2,1-4H3/t9-,10?,15-/m0/s1. The second-order valence-electron chi connectivity index (χ2n) is 4.91. The summed E-state index contributed by atoms with van der Waals surface area (Å²) in [5.41, 5.74) is 0. The summed E-state index contributed by atoms with van der Waals surface area (Å²) in [6.07, 6.45) is 5.93. The maximum atomic E-state index is 11.8. The van der Waals surface area contributed by atoms with Gasteiger partial charge in [0, 0.05) is 0 Å². The van der Waals surface area contributed by atoms with Crippen LogP contribution in [0.5, 0.6) is 0 Å². The van der Waals surface area contributed by atoms with Crippen LogP contribution in [0.2, 0.25) is 0 Å². The molecule has 1 heterocycles. The summed E-state index contributed by atoms with van der Waals surface area (Å²) in [6.45, 7) is 7.91. The lowest BCUT2D eigenvalue weighted by Gasteiger charge is -2.28. The van der Waals surface area contributed by atoms with Crippen LogP contribution in [0.25, 0.3) is 0 Å². The Hall–Kier alpha value is -0.350. The molecule has 0 fully saturated rings. The van der Waals surface area contributed by atoms with Crippen molar-refractivity contribution in [3.63, 3.8) is 0 Å². The minimum atomic E-state index is -1.02. The van der Waals surface area contributed by atoms with Gasteiger partial charge in [0.2, 0.25) is 0 Å². The van der Waals surface area contributed by atoms with Crippen LogP contribution >= 0.6 is 0 Å². The van der Waals surface area contributed by atoms with Crippen molar-refractivity contribution in [2.24, 2.45) is 0 Å². The van der Waals surface area contributed by atoms with E-state index in [-0.39, 0.29) is 16.9 Å². The largest absolute Gasteiger partial charge is 0.497 e. The molecule has 0 radical (unpaired) electrons. The molecule has 0 aliphatic carbocycles. The average Bonchev–Trinajstić information content (AvgIpc) is 2.17. The van der Waals surface area contributed by atoms with Gasteiger partial charge in [-0.15, -0.1) is 0 Å². The third-order valence-electron chi connectivity index (χ3n) is 2.37. The van der Waals surface area contributed by atoms with Gasteiger partial charge in [-0.2, -0.15) is 0 Å². The van der Waals surface area contributed by atoms with Crippen molar-refractivity contribution in [1.82, 2.24) is 4.72 Å². The Kier molecular flexibility index (Phi) is 4.34. The molecule has 0 saturated heterocycles. The van der Waals surface area contributed by atoms with E-state index >= 15 is 0 Å². The number of hydrogen-bond acceptors (Lipinski definition) is 2. The summed E-state index contributed by atoms with van der Waals surface area (Å²) in [6, 6.07) is 0.120. The summed E-state index contributed by atoms with van der Waals surface area (Å²) in [5, 5.41) is 0. The minimum absolute atomic E-state index is 0.120. The van der Waals surface area contributed by atoms with Crippen LogP contribution in [0.3, 0.4) is 0 Å². The number of hydrogen-bond donors (Lipinski definition) is 1. The van der Waals surface area contributed by atoms with E-state index in [0.29, 0.717) is 0 Å². The van der Waals surface area contributed by atoms with Gasteiger partial charge in [-0.1, -0.05) is 0 Å². The maximum absolute atomic E-state index is 11.8. The smallest absolute Gasteiger partial charge is 0.114 e. The minimum Gasteiger partial charge on any atom is -0.497 e. The summed E-state index contributed by atoms with van der Waals surface area (Å²) in [4.78, 5) is 0. The van der Waals surface area contributed by atoms with Gasteiger partial charge in [0.05, 0.1) is 28.0 Å². The molecule has 1 aliphatic rings. The summed E-state index contributed by atoms with van der Waals surface area (Å²) >= 11 is 0. The molecule has 1 rings (SSSR count). The van der Waals surface area contributed by atoms with E-state index in [9.17, 15) is 4.21 Å². The van der Waals surface area contributed by atoms with Crippen molar-refractivity contribution in [1.29, 1.82) is 0 Å². The highest BCUT2D eigenvalue weighted by Gasteiger charge is 2.25. The number of allylic oxidation sites excluding steroid dienone is 1. The van der Waals surface area contributed by atoms with Crippen LogP contribution in [0, 0.1) is 0 Å². The lowest BCUT2D eigenvalue weighted by Crippen LogP contribution is -2.44. The fraction of sp³-hybridized carbons (Fsp3) is 0.818.